The summed E-state index contributed by atoms with van der Waals surface area (Å²) >= 11 is 0. The maximum absolute atomic E-state index is 11.6. The van der Waals surface area contributed by atoms with Gasteiger partial charge in [0.15, 0.2) is 0 Å². The van der Waals surface area contributed by atoms with Crippen molar-refractivity contribution in [2.45, 2.75) is 19.3 Å². The van der Waals surface area contributed by atoms with E-state index in [0.717, 1.165) is 10.6 Å². The molecule has 3 amide bonds. The fourth-order valence-corrected chi connectivity index (χ4v) is 2.05. The van der Waals surface area contributed by atoms with Crippen LogP contribution in [0, 0.1) is 0 Å². The van der Waals surface area contributed by atoms with Crippen molar-refractivity contribution in [2.75, 3.05) is 19.7 Å². The molecule has 1 fully saturated rings. The summed E-state index contributed by atoms with van der Waals surface area (Å²) in [6.07, 6.45) is 0.638. The number of carbonyl (C=O) groups is 3. The van der Waals surface area contributed by atoms with Crippen LogP contribution in [0.1, 0.15) is 19.3 Å². The summed E-state index contributed by atoms with van der Waals surface area (Å²) in [5.74, 6) is 0.166. The predicted molar refractivity (Wildman–Crippen MR) is 75.5 cm³/mol. The van der Waals surface area contributed by atoms with Gasteiger partial charge in [0.25, 0.3) is 0 Å². The van der Waals surface area contributed by atoms with Crippen LogP contribution in [-0.2, 0) is 14.4 Å². The minimum absolute atomic E-state index is 0.128. The van der Waals surface area contributed by atoms with E-state index in [1.165, 1.54) is 0 Å². The van der Waals surface area contributed by atoms with Crippen molar-refractivity contribution in [1.29, 1.82) is 0 Å². The van der Waals surface area contributed by atoms with Crippen LogP contribution in [-0.4, -0.2) is 42.3 Å². The van der Waals surface area contributed by atoms with Crippen LogP contribution < -0.4 is 10.1 Å². The Morgan fingerprint density at radius 3 is 2.48 bits per heavy atom. The molecular formula is C15H18N2O4. The van der Waals surface area contributed by atoms with E-state index in [1.807, 2.05) is 30.3 Å². The number of nitrogens with one attached hydrogen (secondary N) is 1. The highest BCUT2D eigenvalue weighted by Gasteiger charge is 2.28. The van der Waals surface area contributed by atoms with Gasteiger partial charge in [0, 0.05) is 25.8 Å². The van der Waals surface area contributed by atoms with E-state index in [-0.39, 0.29) is 43.5 Å². The summed E-state index contributed by atoms with van der Waals surface area (Å²) in [5, 5.41) is 2.69. The molecule has 6 heteroatoms. The van der Waals surface area contributed by atoms with Gasteiger partial charge in [0.2, 0.25) is 17.7 Å². The van der Waals surface area contributed by atoms with Gasteiger partial charge in [-0.3, -0.25) is 19.3 Å². The van der Waals surface area contributed by atoms with Gasteiger partial charge >= 0.3 is 0 Å². The number of amides is 3. The molecule has 0 unspecified atom stereocenters. The first-order valence-corrected chi connectivity index (χ1v) is 6.94. The lowest BCUT2D eigenvalue weighted by Crippen LogP contribution is -2.35. The Hall–Kier alpha value is -2.37. The van der Waals surface area contributed by atoms with E-state index in [1.54, 1.807) is 0 Å². The average Bonchev–Trinajstić information content (AvgIpc) is 2.81. The van der Waals surface area contributed by atoms with Gasteiger partial charge in [-0.1, -0.05) is 18.2 Å². The van der Waals surface area contributed by atoms with Gasteiger partial charge in [-0.25, -0.2) is 0 Å². The quantitative estimate of drug-likeness (QED) is 0.593. The largest absolute Gasteiger partial charge is 0.492 e. The molecule has 0 bridgehead atoms. The van der Waals surface area contributed by atoms with Crippen molar-refractivity contribution in [3.63, 3.8) is 0 Å². The van der Waals surface area contributed by atoms with E-state index in [9.17, 15) is 14.4 Å². The molecule has 6 nitrogen and oxygen atoms in total. The highest BCUT2D eigenvalue weighted by atomic mass is 16.5. The Morgan fingerprint density at radius 2 is 1.81 bits per heavy atom. The topological polar surface area (TPSA) is 75.7 Å². The zero-order valence-corrected chi connectivity index (χ0v) is 11.7. The maximum atomic E-state index is 11.6. The molecule has 1 saturated heterocycles. The Morgan fingerprint density at radius 1 is 1.14 bits per heavy atom. The number of rotatable bonds is 7. The average molecular weight is 290 g/mol. The summed E-state index contributed by atoms with van der Waals surface area (Å²) in [4.78, 5) is 35.5. The standard InChI is InChI=1S/C15H18N2O4/c18-13(8-10-17-14(19)6-7-15(17)20)16-9-11-21-12-4-2-1-3-5-12/h1-5H,6-11H2,(H,16,18). The predicted octanol–water partition coefficient (Wildman–Crippen LogP) is 0.721. The lowest BCUT2D eigenvalue weighted by atomic mass is 10.3. The van der Waals surface area contributed by atoms with Crippen molar-refractivity contribution in [1.82, 2.24) is 10.2 Å². The van der Waals surface area contributed by atoms with Gasteiger partial charge in [0.1, 0.15) is 12.4 Å². The molecule has 1 aliphatic rings. The molecule has 0 aromatic heterocycles. The van der Waals surface area contributed by atoms with Crippen LogP contribution in [0.15, 0.2) is 30.3 Å². The second-order valence-electron chi connectivity index (χ2n) is 4.70. The Balaban J connectivity index is 1.60. The van der Waals surface area contributed by atoms with Crippen LogP contribution in [0.5, 0.6) is 5.75 Å². The number of nitrogens with zero attached hydrogens (tertiary/aromatic N) is 1. The lowest BCUT2D eigenvalue weighted by molar-refractivity contribution is -0.138. The lowest BCUT2D eigenvalue weighted by Gasteiger charge is -2.13. The van der Waals surface area contributed by atoms with Gasteiger partial charge in [-0.2, -0.15) is 0 Å². The van der Waals surface area contributed by atoms with Crippen molar-refractivity contribution >= 4 is 17.7 Å². The summed E-state index contributed by atoms with van der Waals surface area (Å²) in [7, 11) is 0. The second-order valence-corrected chi connectivity index (χ2v) is 4.70. The Labute approximate surface area is 123 Å². The number of carbonyl (C=O) groups excluding carboxylic acids is 3. The van der Waals surface area contributed by atoms with E-state index in [2.05, 4.69) is 5.32 Å². The summed E-state index contributed by atoms with van der Waals surface area (Å²) in [6.45, 7) is 0.913. The molecule has 2 rings (SSSR count). The highest BCUT2D eigenvalue weighted by Crippen LogP contribution is 2.11. The molecule has 0 atom stereocenters. The van der Waals surface area contributed by atoms with E-state index in [0.29, 0.717) is 13.2 Å². The first-order chi connectivity index (χ1) is 10.2. The van der Waals surface area contributed by atoms with Gasteiger partial charge in [0.05, 0.1) is 6.54 Å². The van der Waals surface area contributed by atoms with Gasteiger partial charge in [-0.15, -0.1) is 0 Å². The molecule has 0 saturated carbocycles. The second kappa shape index (κ2) is 7.42. The smallest absolute Gasteiger partial charge is 0.229 e. The summed E-state index contributed by atoms with van der Waals surface area (Å²) in [6, 6.07) is 9.32. The van der Waals surface area contributed by atoms with Crippen LogP contribution in [0.25, 0.3) is 0 Å². The molecule has 1 aromatic rings. The molecule has 1 heterocycles. The molecule has 112 valence electrons. The van der Waals surface area contributed by atoms with Crippen LogP contribution in [0.4, 0.5) is 0 Å². The van der Waals surface area contributed by atoms with Crippen LogP contribution in [0.3, 0.4) is 0 Å². The summed E-state index contributed by atoms with van der Waals surface area (Å²) in [5.41, 5.74) is 0. The zero-order chi connectivity index (χ0) is 15.1. The van der Waals surface area contributed by atoms with Crippen molar-refractivity contribution in [2.24, 2.45) is 0 Å². The van der Waals surface area contributed by atoms with Crippen molar-refractivity contribution < 1.29 is 19.1 Å². The minimum Gasteiger partial charge on any atom is -0.492 e. The number of likely N-dealkylation sites (tertiary alicyclic amines) is 1. The first kappa shape index (κ1) is 15.0. The normalized spacial score (nSPS) is 14.4. The van der Waals surface area contributed by atoms with E-state index < -0.39 is 0 Å². The molecule has 0 radical (unpaired) electrons. The van der Waals surface area contributed by atoms with Gasteiger partial charge in [-0.05, 0) is 12.1 Å². The number of imide groups is 1. The molecule has 0 aliphatic carbocycles. The number of hydrogen-bond donors (Lipinski definition) is 1. The Bertz CT molecular complexity index is 500. The third kappa shape index (κ3) is 4.59. The van der Waals surface area contributed by atoms with E-state index in [4.69, 9.17) is 4.74 Å². The fraction of sp³-hybridized carbons (Fsp3) is 0.400. The maximum Gasteiger partial charge on any atom is 0.229 e. The van der Waals surface area contributed by atoms with E-state index >= 15 is 0 Å². The Kier molecular flexibility index (Phi) is 5.31. The summed E-state index contributed by atoms with van der Waals surface area (Å²) < 4.78 is 5.44. The fourth-order valence-electron chi connectivity index (χ4n) is 2.05. The van der Waals surface area contributed by atoms with Gasteiger partial charge < -0.3 is 10.1 Å². The molecule has 1 aliphatic heterocycles. The monoisotopic (exact) mass is 290 g/mol. The number of ether oxygens (including phenoxy) is 1. The number of para-hydroxylation sites is 1. The minimum atomic E-state index is -0.195. The van der Waals surface area contributed by atoms with Crippen molar-refractivity contribution in [3.8, 4) is 5.75 Å². The zero-order valence-electron chi connectivity index (χ0n) is 11.7. The molecule has 0 spiro atoms. The van der Waals surface area contributed by atoms with Crippen LogP contribution in [0.2, 0.25) is 0 Å². The van der Waals surface area contributed by atoms with Crippen molar-refractivity contribution in [3.05, 3.63) is 30.3 Å². The number of benzene rings is 1. The third-order valence-electron chi connectivity index (χ3n) is 3.15. The molecule has 1 aromatic carbocycles. The first-order valence-electron chi connectivity index (χ1n) is 6.94. The highest BCUT2D eigenvalue weighted by molar-refractivity contribution is 6.02. The van der Waals surface area contributed by atoms with Crippen LogP contribution >= 0.6 is 0 Å². The SMILES string of the molecule is O=C(CCN1C(=O)CCC1=O)NCCOc1ccccc1. The molecule has 1 N–H and O–H groups in total. The molecular weight excluding hydrogens is 272 g/mol. The third-order valence-corrected chi connectivity index (χ3v) is 3.15. The number of hydrogen-bond acceptors (Lipinski definition) is 4. The molecule has 21 heavy (non-hydrogen) atoms.